The number of carbonyl (C=O) groups is 2. The molecule has 2 aromatic rings. The number of carbonyl (C=O) groups excluding carboxylic acids is 2. The van der Waals surface area contributed by atoms with Crippen LogP contribution in [0.2, 0.25) is 0 Å². The van der Waals surface area contributed by atoms with E-state index in [4.69, 9.17) is 4.74 Å². The third-order valence-electron chi connectivity index (χ3n) is 4.47. The summed E-state index contributed by atoms with van der Waals surface area (Å²) in [5, 5.41) is 13.7. The van der Waals surface area contributed by atoms with Gasteiger partial charge in [-0.15, -0.1) is 0 Å². The highest BCUT2D eigenvalue weighted by molar-refractivity contribution is 7.92. The molecule has 0 spiro atoms. The number of nitro groups is 1. The number of hydrogen-bond acceptors (Lipinski definition) is 7. The maximum atomic E-state index is 12.9. The van der Waals surface area contributed by atoms with Crippen molar-refractivity contribution in [3.63, 3.8) is 0 Å². The predicted octanol–water partition coefficient (Wildman–Crippen LogP) is 2.87. The number of rotatable bonds is 8. The summed E-state index contributed by atoms with van der Waals surface area (Å²) in [7, 11) is -3.96. The molecule has 10 nitrogen and oxygen atoms in total. The van der Waals surface area contributed by atoms with E-state index in [0.717, 1.165) is 16.6 Å². The molecule has 2 aromatic carbocycles. The van der Waals surface area contributed by atoms with Crippen LogP contribution in [0.1, 0.15) is 29.8 Å². The highest BCUT2D eigenvalue weighted by Gasteiger charge is 2.30. The minimum Gasteiger partial charge on any atom is -0.462 e. The fraction of sp³-hybridized carbons (Fsp3) is 0.300. The number of benzene rings is 2. The second-order valence-electron chi connectivity index (χ2n) is 6.70. The second-order valence-corrected chi connectivity index (χ2v) is 8.56. The predicted molar refractivity (Wildman–Crippen MR) is 116 cm³/mol. The summed E-state index contributed by atoms with van der Waals surface area (Å²) >= 11 is 0. The third kappa shape index (κ3) is 5.57. The first-order valence-electron chi connectivity index (χ1n) is 9.28. The minimum atomic E-state index is -3.96. The largest absolute Gasteiger partial charge is 0.462 e. The van der Waals surface area contributed by atoms with Crippen LogP contribution in [0.5, 0.6) is 0 Å². The topological polar surface area (TPSA) is 136 Å². The number of nitrogens with one attached hydrogen (secondary N) is 1. The van der Waals surface area contributed by atoms with E-state index in [9.17, 15) is 28.1 Å². The second kappa shape index (κ2) is 9.56. The molecule has 0 aliphatic rings. The molecule has 0 aromatic heterocycles. The van der Waals surface area contributed by atoms with Gasteiger partial charge in [0.1, 0.15) is 6.04 Å². The molecule has 0 radical (unpaired) electrons. The average molecular weight is 449 g/mol. The maximum absolute atomic E-state index is 12.9. The van der Waals surface area contributed by atoms with E-state index in [0.29, 0.717) is 11.3 Å². The van der Waals surface area contributed by atoms with Gasteiger partial charge >= 0.3 is 5.97 Å². The fourth-order valence-electron chi connectivity index (χ4n) is 2.99. The molecule has 0 aliphatic heterocycles. The highest BCUT2D eigenvalue weighted by atomic mass is 32.2. The van der Waals surface area contributed by atoms with Crippen molar-refractivity contribution in [3.8, 4) is 0 Å². The molecule has 166 valence electrons. The first-order chi connectivity index (χ1) is 14.5. The number of nitrogens with zero attached hydrogens (tertiary/aromatic N) is 2. The number of nitro benzene ring substituents is 1. The summed E-state index contributed by atoms with van der Waals surface area (Å²) in [6.07, 6.45) is 0.905. The smallest absolute Gasteiger partial charge is 0.338 e. The van der Waals surface area contributed by atoms with Crippen LogP contribution in [0.25, 0.3) is 0 Å². The molecule has 0 saturated carbocycles. The van der Waals surface area contributed by atoms with Gasteiger partial charge in [0.2, 0.25) is 15.9 Å². The molecule has 0 aliphatic carbocycles. The zero-order chi connectivity index (χ0) is 23.3. The number of non-ortho nitro benzene ring substituents is 1. The van der Waals surface area contributed by atoms with Crippen molar-refractivity contribution >= 4 is 39.0 Å². The Morgan fingerprint density at radius 2 is 1.87 bits per heavy atom. The number of ether oxygens (including phenoxy) is 1. The van der Waals surface area contributed by atoms with Crippen LogP contribution in [0.3, 0.4) is 0 Å². The van der Waals surface area contributed by atoms with Crippen LogP contribution in [0.4, 0.5) is 17.1 Å². The lowest BCUT2D eigenvalue weighted by molar-refractivity contribution is -0.384. The summed E-state index contributed by atoms with van der Waals surface area (Å²) in [6.45, 7) is 4.85. The first kappa shape index (κ1) is 23.8. The molecule has 11 heteroatoms. The molecule has 0 fully saturated rings. The molecular formula is C20H23N3O7S. The molecule has 1 amide bonds. The van der Waals surface area contributed by atoms with Crippen LogP contribution in [-0.4, -0.2) is 44.1 Å². The van der Waals surface area contributed by atoms with Crippen LogP contribution in [-0.2, 0) is 19.6 Å². The van der Waals surface area contributed by atoms with Gasteiger partial charge < -0.3 is 10.1 Å². The SMILES string of the molecule is CCOC(=O)c1cccc(NC(=O)[C@H](C)N(c2cccc([N+](=O)[O-])c2)S(C)(=O)=O)c1C. The Balaban J connectivity index is 2.38. The zero-order valence-electron chi connectivity index (χ0n) is 17.5. The molecule has 0 bridgehead atoms. The van der Waals surface area contributed by atoms with Gasteiger partial charge in [0.05, 0.1) is 29.0 Å². The first-order valence-corrected chi connectivity index (χ1v) is 11.1. The molecule has 1 atom stereocenters. The average Bonchev–Trinajstić information content (AvgIpc) is 2.68. The summed E-state index contributed by atoms with van der Waals surface area (Å²) in [6, 6.07) is 8.46. The minimum absolute atomic E-state index is 0.0173. The van der Waals surface area contributed by atoms with Crippen LogP contribution in [0.15, 0.2) is 42.5 Å². The Kier molecular flexibility index (Phi) is 7.34. The van der Waals surface area contributed by atoms with E-state index in [2.05, 4.69) is 5.32 Å². The zero-order valence-corrected chi connectivity index (χ0v) is 18.3. The van der Waals surface area contributed by atoms with Crippen molar-refractivity contribution in [2.24, 2.45) is 0 Å². The van der Waals surface area contributed by atoms with E-state index < -0.39 is 32.9 Å². The summed E-state index contributed by atoms with van der Waals surface area (Å²) in [5.74, 6) is -1.22. The lowest BCUT2D eigenvalue weighted by atomic mass is 10.1. The van der Waals surface area contributed by atoms with E-state index >= 15 is 0 Å². The van der Waals surface area contributed by atoms with Crippen molar-refractivity contribution in [1.29, 1.82) is 0 Å². The van der Waals surface area contributed by atoms with Gasteiger partial charge in [-0.2, -0.15) is 0 Å². The van der Waals surface area contributed by atoms with E-state index in [1.807, 2.05) is 0 Å². The molecule has 2 rings (SSSR count). The lowest BCUT2D eigenvalue weighted by Crippen LogP contribution is -2.45. The van der Waals surface area contributed by atoms with Crippen LogP contribution in [0, 0.1) is 17.0 Å². The number of amides is 1. The Morgan fingerprint density at radius 3 is 2.45 bits per heavy atom. The van der Waals surface area contributed by atoms with Gasteiger partial charge in [-0.1, -0.05) is 12.1 Å². The van der Waals surface area contributed by atoms with Gasteiger partial charge in [-0.25, -0.2) is 13.2 Å². The Morgan fingerprint density at radius 1 is 1.23 bits per heavy atom. The summed E-state index contributed by atoms with van der Waals surface area (Å²) in [4.78, 5) is 35.4. The quantitative estimate of drug-likeness (QED) is 0.372. The van der Waals surface area contributed by atoms with Crippen LogP contribution < -0.4 is 9.62 Å². The van der Waals surface area contributed by atoms with Gasteiger partial charge in [-0.3, -0.25) is 19.2 Å². The molecule has 0 unspecified atom stereocenters. The monoisotopic (exact) mass is 449 g/mol. The highest BCUT2D eigenvalue weighted by Crippen LogP contribution is 2.26. The third-order valence-corrected chi connectivity index (χ3v) is 5.71. The van der Waals surface area contributed by atoms with E-state index in [-0.39, 0.29) is 23.5 Å². The fourth-order valence-corrected chi connectivity index (χ4v) is 4.16. The van der Waals surface area contributed by atoms with Crippen molar-refractivity contribution in [2.45, 2.75) is 26.8 Å². The maximum Gasteiger partial charge on any atom is 0.338 e. The molecule has 0 saturated heterocycles. The molecular weight excluding hydrogens is 426 g/mol. The van der Waals surface area contributed by atoms with E-state index in [1.165, 1.54) is 25.1 Å². The summed E-state index contributed by atoms with van der Waals surface area (Å²) < 4.78 is 30.6. The number of hydrogen-bond donors (Lipinski definition) is 1. The Hall–Kier alpha value is -3.47. The van der Waals surface area contributed by atoms with Crippen molar-refractivity contribution in [1.82, 2.24) is 0 Å². The normalized spacial score (nSPS) is 12.0. The lowest BCUT2D eigenvalue weighted by Gasteiger charge is -2.28. The van der Waals surface area contributed by atoms with Crippen molar-refractivity contribution in [2.75, 3.05) is 22.5 Å². The van der Waals surface area contributed by atoms with E-state index in [1.54, 1.807) is 32.0 Å². The van der Waals surface area contributed by atoms with Crippen LogP contribution >= 0.6 is 0 Å². The Labute approximate surface area is 180 Å². The summed E-state index contributed by atoms with van der Waals surface area (Å²) in [5.41, 5.74) is 0.719. The Bertz CT molecular complexity index is 1120. The van der Waals surface area contributed by atoms with Gasteiger partial charge in [-0.05, 0) is 44.5 Å². The molecule has 1 N–H and O–H groups in total. The standard InChI is InChI=1S/C20H23N3O7S/c1-5-30-20(25)17-10-7-11-18(13(17)2)21-19(24)14(3)22(31(4,28)29)15-8-6-9-16(12-15)23(26)27/h6-12,14H,5H2,1-4H3,(H,21,24)/t14-/m0/s1. The van der Waals surface area contributed by atoms with Gasteiger partial charge in [0.15, 0.2) is 0 Å². The number of anilines is 2. The van der Waals surface area contributed by atoms with Gasteiger partial charge in [0.25, 0.3) is 5.69 Å². The van der Waals surface area contributed by atoms with Gasteiger partial charge in [0, 0.05) is 17.8 Å². The number of esters is 1. The van der Waals surface area contributed by atoms with Crippen molar-refractivity contribution in [3.05, 3.63) is 63.7 Å². The molecule has 31 heavy (non-hydrogen) atoms. The number of sulfonamides is 1. The molecule has 0 heterocycles. The van der Waals surface area contributed by atoms with Crippen molar-refractivity contribution < 1.29 is 27.7 Å².